The highest BCUT2D eigenvalue weighted by molar-refractivity contribution is 7.93. The predicted octanol–water partition coefficient (Wildman–Crippen LogP) is 4.76. The number of fused-ring (bicyclic) bond motifs is 1. The quantitative estimate of drug-likeness (QED) is 0.598. The van der Waals surface area contributed by atoms with Gasteiger partial charge in [0.05, 0.1) is 33.8 Å². The Labute approximate surface area is 172 Å². The second-order valence-corrected chi connectivity index (χ2v) is 9.11. The molecule has 1 fully saturated rings. The Kier molecular flexibility index (Phi) is 4.77. The highest BCUT2D eigenvalue weighted by atomic mass is 32.2. The Morgan fingerprint density at radius 1 is 1.13 bits per heavy atom. The number of sulfonamides is 1. The minimum atomic E-state index is -4.48. The number of nitriles is 1. The molecular weight excluding hydrogens is 415 g/mol. The van der Waals surface area contributed by atoms with Gasteiger partial charge in [-0.2, -0.15) is 18.4 Å². The Morgan fingerprint density at radius 3 is 2.37 bits per heavy atom. The van der Waals surface area contributed by atoms with E-state index in [1.54, 1.807) is 35.8 Å². The lowest BCUT2D eigenvalue weighted by atomic mass is 10.0. The second-order valence-electron chi connectivity index (χ2n) is 7.10. The average Bonchev–Trinajstić information content (AvgIpc) is 3.22. The SMILES string of the molecule is CCn1c(-c2ccc(N3CCCS3(=O)=O)cc2)c(C#N)c2ccc(C(F)(F)F)cc21. The number of hydrogen-bond donors (Lipinski definition) is 0. The first kappa shape index (κ1) is 20.3. The molecule has 0 unspecified atom stereocenters. The van der Waals surface area contributed by atoms with Gasteiger partial charge in [0.25, 0.3) is 0 Å². The van der Waals surface area contributed by atoms with Crippen molar-refractivity contribution in [3.05, 3.63) is 53.6 Å². The van der Waals surface area contributed by atoms with Gasteiger partial charge in [0.15, 0.2) is 0 Å². The first-order valence-electron chi connectivity index (χ1n) is 9.41. The van der Waals surface area contributed by atoms with E-state index in [0.29, 0.717) is 52.9 Å². The Morgan fingerprint density at radius 2 is 1.83 bits per heavy atom. The fraction of sp³-hybridized carbons (Fsp3) is 0.286. The molecule has 0 N–H and O–H groups in total. The second kappa shape index (κ2) is 7.06. The summed E-state index contributed by atoms with van der Waals surface area (Å²) >= 11 is 0. The van der Waals surface area contributed by atoms with Crippen molar-refractivity contribution in [3.8, 4) is 17.3 Å². The predicted molar refractivity (Wildman–Crippen MR) is 109 cm³/mol. The third-order valence-corrected chi connectivity index (χ3v) is 7.22. The summed E-state index contributed by atoms with van der Waals surface area (Å²) in [5.41, 5.74) is 1.55. The van der Waals surface area contributed by atoms with E-state index >= 15 is 0 Å². The number of benzene rings is 2. The van der Waals surface area contributed by atoms with Crippen molar-refractivity contribution in [3.63, 3.8) is 0 Å². The highest BCUT2D eigenvalue weighted by Crippen LogP contribution is 2.38. The van der Waals surface area contributed by atoms with Crippen LogP contribution >= 0.6 is 0 Å². The molecule has 2 heterocycles. The molecule has 0 saturated carbocycles. The van der Waals surface area contributed by atoms with E-state index < -0.39 is 21.8 Å². The maximum atomic E-state index is 13.2. The highest BCUT2D eigenvalue weighted by Gasteiger charge is 2.32. The molecule has 4 rings (SSSR count). The summed E-state index contributed by atoms with van der Waals surface area (Å²) in [6, 6.07) is 12.2. The van der Waals surface area contributed by atoms with Gasteiger partial charge in [0.2, 0.25) is 10.0 Å². The Hall–Kier alpha value is -2.99. The maximum absolute atomic E-state index is 13.2. The van der Waals surface area contributed by atoms with Crippen LogP contribution in [0.15, 0.2) is 42.5 Å². The van der Waals surface area contributed by atoms with Crippen LogP contribution in [0, 0.1) is 11.3 Å². The van der Waals surface area contributed by atoms with Gasteiger partial charge in [-0.1, -0.05) is 18.2 Å². The van der Waals surface area contributed by atoms with Crippen molar-refractivity contribution in [2.24, 2.45) is 0 Å². The monoisotopic (exact) mass is 433 g/mol. The lowest BCUT2D eigenvalue weighted by Crippen LogP contribution is -2.24. The smallest absolute Gasteiger partial charge is 0.340 e. The van der Waals surface area contributed by atoms with E-state index in [4.69, 9.17) is 0 Å². The molecule has 0 spiro atoms. The summed E-state index contributed by atoms with van der Waals surface area (Å²) in [7, 11) is -3.31. The van der Waals surface area contributed by atoms with Gasteiger partial charge in [0, 0.05) is 18.5 Å². The summed E-state index contributed by atoms with van der Waals surface area (Å²) in [6.07, 6.45) is -3.92. The first-order chi connectivity index (χ1) is 14.2. The fourth-order valence-electron chi connectivity index (χ4n) is 3.98. The van der Waals surface area contributed by atoms with Crippen molar-refractivity contribution < 1.29 is 21.6 Å². The van der Waals surface area contributed by atoms with Gasteiger partial charge < -0.3 is 4.57 Å². The lowest BCUT2D eigenvalue weighted by Gasteiger charge is -2.17. The van der Waals surface area contributed by atoms with Crippen molar-refractivity contribution in [1.29, 1.82) is 5.26 Å². The molecular formula is C21H18F3N3O2S. The third-order valence-electron chi connectivity index (χ3n) is 5.35. The molecule has 0 aliphatic carbocycles. The number of rotatable bonds is 3. The van der Waals surface area contributed by atoms with Gasteiger partial charge >= 0.3 is 6.18 Å². The number of aromatic nitrogens is 1. The summed E-state index contributed by atoms with van der Waals surface area (Å²) in [4.78, 5) is 0. The number of nitrogens with zero attached hydrogens (tertiary/aromatic N) is 3. The van der Waals surface area contributed by atoms with Crippen LogP contribution in [0.3, 0.4) is 0 Å². The van der Waals surface area contributed by atoms with Gasteiger partial charge in [-0.3, -0.25) is 4.31 Å². The largest absolute Gasteiger partial charge is 0.416 e. The van der Waals surface area contributed by atoms with Crippen molar-refractivity contribution in [2.75, 3.05) is 16.6 Å². The van der Waals surface area contributed by atoms with Crippen LogP contribution < -0.4 is 4.31 Å². The van der Waals surface area contributed by atoms with E-state index in [1.165, 1.54) is 10.4 Å². The Balaban J connectivity index is 1.87. The minimum absolute atomic E-state index is 0.110. The fourth-order valence-corrected chi connectivity index (χ4v) is 5.55. The normalized spacial score (nSPS) is 16.2. The molecule has 0 radical (unpaired) electrons. The van der Waals surface area contributed by atoms with Crippen LogP contribution in [-0.4, -0.2) is 25.3 Å². The molecule has 156 valence electrons. The lowest BCUT2D eigenvalue weighted by molar-refractivity contribution is -0.137. The molecule has 1 aliphatic heterocycles. The summed E-state index contributed by atoms with van der Waals surface area (Å²) < 4.78 is 66.9. The van der Waals surface area contributed by atoms with E-state index in [9.17, 15) is 26.9 Å². The van der Waals surface area contributed by atoms with Crippen LogP contribution in [0.5, 0.6) is 0 Å². The van der Waals surface area contributed by atoms with Gasteiger partial charge in [-0.25, -0.2) is 8.42 Å². The molecule has 0 bridgehead atoms. The van der Waals surface area contributed by atoms with Crippen LogP contribution in [0.1, 0.15) is 24.5 Å². The van der Waals surface area contributed by atoms with E-state index in [1.807, 2.05) is 0 Å². The van der Waals surface area contributed by atoms with Gasteiger partial charge in [-0.15, -0.1) is 0 Å². The van der Waals surface area contributed by atoms with Crippen molar-refractivity contribution in [1.82, 2.24) is 4.57 Å². The number of aryl methyl sites for hydroxylation is 1. The number of hydrogen-bond acceptors (Lipinski definition) is 3. The molecule has 1 aromatic heterocycles. The maximum Gasteiger partial charge on any atom is 0.416 e. The first-order valence-corrected chi connectivity index (χ1v) is 11.0. The molecule has 0 amide bonds. The van der Waals surface area contributed by atoms with Crippen molar-refractivity contribution in [2.45, 2.75) is 26.1 Å². The summed E-state index contributed by atoms with van der Waals surface area (Å²) in [5, 5.41) is 10.2. The molecule has 3 aromatic rings. The zero-order valence-electron chi connectivity index (χ0n) is 16.1. The van der Waals surface area contributed by atoms with Gasteiger partial charge in [0.1, 0.15) is 6.07 Å². The number of alkyl halides is 3. The average molecular weight is 433 g/mol. The standard InChI is InChI=1S/C21H18F3N3O2S/c1-2-26-19-12-15(21(22,23)24)6-9-17(19)18(13-25)20(26)14-4-7-16(8-5-14)27-10-3-11-30(27,28)29/h4-9,12H,2-3,10-11H2,1H3. The van der Waals surface area contributed by atoms with E-state index in [2.05, 4.69) is 6.07 Å². The summed E-state index contributed by atoms with van der Waals surface area (Å²) in [5.74, 6) is 0.110. The topological polar surface area (TPSA) is 66.1 Å². The Bertz CT molecular complexity index is 1270. The van der Waals surface area contributed by atoms with E-state index in [0.717, 1.165) is 12.1 Å². The molecule has 9 heteroatoms. The minimum Gasteiger partial charge on any atom is -0.340 e. The zero-order chi connectivity index (χ0) is 21.7. The number of halogens is 3. The van der Waals surface area contributed by atoms with Crippen LogP contribution in [-0.2, 0) is 22.7 Å². The van der Waals surface area contributed by atoms with Crippen LogP contribution in [0.4, 0.5) is 18.9 Å². The van der Waals surface area contributed by atoms with Gasteiger partial charge in [-0.05, 0) is 43.2 Å². The molecule has 0 atom stereocenters. The number of anilines is 1. The molecule has 2 aromatic carbocycles. The molecule has 5 nitrogen and oxygen atoms in total. The molecule has 1 saturated heterocycles. The third kappa shape index (κ3) is 3.21. The summed E-state index contributed by atoms with van der Waals surface area (Å²) in [6.45, 7) is 2.59. The zero-order valence-corrected chi connectivity index (χ0v) is 16.9. The molecule has 30 heavy (non-hydrogen) atoms. The van der Waals surface area contributed by atoms with Crippen LogP contribution in [0.2, 0.25) is 0 Å². The van der Waals surface area contributed by atoms with Crippen molar-refractivity contribution >= 4 is 26.6 Å². The van der Waals surface area contributed by atoms with E-state index in [-0.39, 0.29) is 5.75 Å². The molecule has 1 aliphatic rings. The van der Waals surface area contributed by atoms with Crippen LogP contribution in [0.25, 0.3) is 22.2 Å².